The van der Waals surface area contributed by atoms with Gasteiger partial charge in [-0.25, -0.2) is 0 Å². The van der Waals surface area contributed by atoms with Crippen molar-refractivity contribution in [3.8, 4) is 5.75 Å². The van der Waals surface area contributed by atoms with Gasteiger partial charge in [-0.05, 0) is 50.1 Å². The number of alkyl halides is 3. The van der Waals surface area contributed by atoms with Crippen molar-refractivity contribution >= 4 is 23.4 Å². The molecule has 0 radical (unpaired) electrons. The molecule has 0 spiro atoms. The monoisotopic (exact) mass is 464 g/mol. The first-order valence-corrected chi connectivity index (χ1v) is 10.9. The van der Waals surface area contributed by atoms with E-state index >= 15 is 0 Å². The van der Waals surface area contributed by atoms with E-state index in [1.165, 1.54) is 12.1 Å². The molecule has 0 fully saturated rings. The van der Waals surface area contributed by atoms with E-state index in [9.17, 15) is 18.0 Å². The third-order valence-electron chi connectivity index (χ3n) is 4.67. The third kappa shape index (κ3) is 5.82. The second kappa shape index (κ2) is 10.1. The lowest BCUT2D eigenvalue weighted by molar-refractivity contribution is -0.137. The van der Waals surface area contributed by atoms with E-state index in [0.717, 1.165) is 40.8 Å². The fourth-order valence-corrected chi connectivity index (χ4v) is 3.94. The molecule has 0 aliphatic heterocycles. The number of halogens is 3. The molecule has 1 heterocycles. The molecule has 0 bridgehead atoms. The van der Waals surface area contributed by atoms with Crippen molar-refractivity contribution < 1.29 is 22.7 Å². The van der Waals surface area contributed by atoms with Gasteiger partial charge in [0.2, 0.25) is 5.91 Å². The Morgan fingerprint density at radius 2 is 1.81 bits per heavy atom. The predicted molar refractivity (Wildman–Crippen MR) is 117 cm³/mol. The standard InChI is InChI=1S/C22H23F3N4O2S/c1-4-29-18(12-31-20-14(2)7-5-8-15(20)3)27-28-21(29)32-13-19(30)26-17-10-6-9-16(11-17)22(23,24)25/h5-11H,4,12-13H2,1-3H3,(H,26,30). The molecular formula is C22H23F3N4O2S. The third-order valence-corrected chi connectivity index (χ3v) is 5.64. The Balaban J connectivity index is 1.61. The molecule has 0 aliphatic rings. The Morgan fingerprint density at radius 3 is 2.47 bits per heavy atom. The van der Waals surface area contributed by atoms with Crippen LogP contribution in [0, 0.1) is 13.8 Å². The highest BCUT2D eigenvalue weighted by atomic mass is 32.2. The molecule has 1 amide bonds. The molecule has 32 heavy (non-hydrogen) atoms. The van der Waals surface area contributed by atoms with Gasteiger partial charge in [0.1, 0.15) is 12.4 Å². The number of carbonyl (C=O) groups excluding carboxylic acids is 1. The Hall–Kier alpha value is -3.01. The number of aryl methyl sites for hydroxylation is 2. The van der Waals surface area contributed by atoms with Crippen molar-refractivity contribution in [2.45, 2.75) is 45.3 Å². The molecule has 2 aromatic carbocycles. The van der Waals surface area contributed by atoms with Crippen LogP contribution in [-0.2, 0) is 24.1 Å². The van der Waals surface area contributed by atoms with E-state index in [1.807, 2.05) is 43.5 Å². The number of carbonyl (C=O) groups is 1. The largest absolute Gasteiger partial charge is 0.485 e. The number of benzene rings is 2. The average Bonchev–Trinajstić information content (AvgIpc) is 3.13. The van der Waals surface area contributed by atoms with Crippen LogP contribution < -0.4 is 10.1 Å². The van der Waals surface area contributed by atoms with Crippen LogP contribution in [0.25, 0.3) is 0 Å². The van der Waals surface area contributed by atoms with Crippen LogP contribution in [0.4, 0.5) is 18.9 Å². The minimum Gasteiger partial charge on any atom is -0.485 e. The second-order valence-electron chi connectivity index (χ2n) is 7.07. The summed E-state index contributed by atoms with van der Waals surface area (Å²) in [4.78, 5) is 12.2. The highest BCUT2D eigenvalue weighted by Gasteiger charge is 2.30. The first-order chi connectivity index (χ1) is 15.2. The van der Waals surface area contributed by atoms with Gasteiger partial charge in [-0.2, -0.15) is 13.2 Å². The first kappa shape index (κ1) is 23.6. The number of ether oxygens (including phenoxy) is 1. The molecule has 0 saturated heterocycles. The number of amides is 1. The molecule has 0 aliphatic carbocycles. The number of thioether (sulfide) groups is 1. The quantitative estimate of drug-likeness (QED) is 0.462. The summed E-state index contributed by atoms with van der Waals surface area (Å²) < 4.78 is 46.3. The average molecular weight is 465 g/mol. The summed E-state index contributed by atoms with van der Waals surface area (Å²) in [6, 6.07) is 10.4. The van der Waals surface area contributed by atoms with E-state index in [4.69, 9.17) is 4.74 Å². The number of rotatable bonds is 8. The maximum absolute atomic E-state index is 12.8. The van der Waals surface area contributed by atoms with E-state index in [0.29, 0.717) is 17.5 Å². The van der Waals surface area contributed by atoms with Crippen LogP contribution in [0.5, 0.6) is 5.75 Å². The fraction of sp³-hybridized carbons (Fsp3) is 0.318. The Morgan fingerprint density at radius 1 is 1.12 bits per heavy atom. The van der Waals surface area contributed by atoms with Crippen molar-refractivity contribution in [3.63, 3.8) is 0 Å². The first-order valence-electron chi connectivity index (χ1n) is 9.90. The topological polar surface area (TPSA) is 69.0 Å². The van der Waals surface area contributed by atoms with Crippen LogP contribution in [0.15, 0.2) is 47.6 Å². The summed E-state index contributed by atoms with van der Waals surface area (Å²) >= 11 is 1.16. The van der Waals surface area contributed by atoms with Crippen LogP contribution in [0.3, 0.4) is 0 Å². The molecule has 0 atom stereocenters. The van der Waals surface area contributed by atoms with E-state index < -0.39 is 17.6 Å². The Kier molecular flexibility index (Phi) is 7.44. The molecule has 10 heteroatoms. The maximum atomic E-state index is 12.8. The fourth-order valence-electron chi connectivity index (χ4n) is 3.11. The number of anilines is 1. The predicted octanol–water partition coefficient (Wildman–Crippen LogP) is 5.24. The molecule has 170 valence electrons. The number of para-hydroxylation sites is 1. The van der Waals surface area contributed by atoms with Crippen molar-refractivity contribution in [2.75, 3.05) is 11.1 Å². The van der Waals surface area contributed by atoms with E-state index in [-0.39, 0.29) is 18.0 Å². The molecule has 6 nitrogen and oxygen atoms in total. The van der Waals surface area contributed by atoms with Gasteiger partial charge >= 0.3 is 6.18 Å². The molecule has 1 N–H and O–H groups in total. The van der Waals surface area contributed by atoms with Gasteiger partial charge in [-0.15, -0.1) is 10.2 Å². The zero-order valence-electron chi connectivity index (χ0n) is 17.9. The lowest BCUT2D eigenvalue weighted by Crippen LogP contribution is -2.15. The smallest absolute Gasteiger partial charge is 0.416 e. The lowest BCUT2D eigenvalue weighted by Gasteiger charge is -2.12. The van der Waals surface area contributed by atoms with Gasteiger partial charge in [0.05, 0.1) is 11.3 Å². The molecule has 1 aromatic heterocycles. The number of hydrogen-bond acceptors (Lipinski definition) is 5. The Bertz CT molecular complexity index is 1080. The van der Waals surface area contributed by atoms with E-state index in [1.54, 1.807) is 0 Å². The lowest BCUT2D eigenvalue weighted by atomic mass is 10.1. The molecule has 3 aromatic rings. The summed E-state index contributed by atoms with van der Waals surface area (Å²) in [6.07, 6.45) is -4.47. The van der Waals surface area contributed by atoms with Crippen LogP contribution in [0.2, 0.25) is 0 Å². The second-order valence-corrected chi connectivity index (χ2v) is 8.01. The highest BCUT2D eigenvalue weighted by molar-refractivity contribution is 7.99. The number of nitrogens with zero attached hydrogens (tertiary/aromatic N) is 3. The van der Waals surface area contributed by atoms with Crippen LogP contribution in [0.1, 0.15) is 29.4 Å². The summed E-state index contributed by atoms with van der Waals surface area (Å²) in [5.74, 6) is 0.962. The Labute approximate surface area is 188 Å². The number of hydrogen-bond donors (Lipinski definition) is 1. The SMILES string of the molecule is CCn1c(COc2c(C)cccc2C)nnc1SCC(=O)Nc1cccc(C(F)(F)F)c1. The normalized spacial score (nSPS) is 11.4. The van der Waals surface area contributed by atoms with Crippen molar-refractivity contribution in [3.05, 3.63) is 65.0 Å². The number of nitrogens with one attached hydrogen (secondary N) is 1. The molecular weight excluding hydrogens is 441 g/mol. The van der Waals surface area contributed by atoms with Crippen molar-refractivity contribution in [1.29, 1.82) is 0 Å². The zero-order chi connectivity index (χ0) is 23.3. The van der Waals surface area contributed by atoms with Crippen LogP contribution >= 0.6 is 11.8 Å². The summed E-state index contributed by atoms with van der Waals surface area (Å²) in [6.45, 7) is 6.67. The van der Waals surface area contributed by atoms with Gasteiger partial charge in [0, 0.05) is 12.2 Å². The molecule has 0 unspecified atom stereocenters. The highest BCUT2D eigenvalue weighted by Crippen LogP contribution is 2.31. The van der Waals surface area contributed by atoms with Gasteiger partial charge in [-0.1, -0.05) is 36.0 Å². The van der Waals surface area contributed by atoms with Crippen LogP contribution in [-0.4, -0.2) is 26.4 Å². The van der Waals surface area contributed by atoms with Crippen molar-refractivity contribution in [2.24, 2.45) is 0 Å². The van der Waals surface area contributed by atoms with Gasteiger partial charge in [0.15, 0.2) is 11.0 Å². The summed E-state index contributed by atoms with van der Waals surface area (Å²) in [7, 11) is 0. The summed E-state index contributed by atoms with van der Waals surface area (Å²) in [5, 5.41) is 11.3. The van der Waals surface area contributed by atoms with Gasteiger partial charge in [-0.3, -0.25) is 4.79 Å². The van der Waals surface area contributed by atoms with E-state index in [2.05, 4.69) is 15.5 Å². The minimum absolute atomic E-state index is 0.0217. The van der Waals surface area contributed by atoms with Gasteiger partial charge < -0.3 is 14.6 Å². The molecule has 3 rings (SSSR count). The van der Waals surface area contributed by atoms with Crippen molar-refractivity contribution in [1.82, 2.24) is 14.8 Å². The number of aromatic nitrogens is 3. The minimum atomic E-state index is -4.47. The summed E-state index contributed by atoms with van der Waals surface area (Å²) in [5.41, 5.74) is 1.31. The zero-order valence-corrected chi connectivity index (χ0v) is 18.7. The van der Waals surface area contributed by atoms with Gasteiger partial charge in [0.25, 0.3) is 0 Å². The maximum Gasteiger partial charge on any atom is 0.416 e. The molecule has 0 saturated carbocycles.